The average Bonchev–Trinajstić information content (AvgIpc) is 2.30. The molecule has 1 heterocycles. The molecular formula is C12H10BrClN2S. The van der Waals surface area contributed by atoms with Crippen LogP contribution in [0.2, 0.25) is 5.28 Å². The topological polar surface area (TPSA) is 25.8 Å². The average molecular weight is 330 g/mol. The van der Waals surface area contributed by atoms with Crippen LogP contribution in [0.4, 0.5) is 0 Å². The Morgan fingerprint density at radius 2 is 2.24 bits per heavy atom. The van der Waals surface area contributed by atoms with Crippen LogP contribution in [0.25, 0.3) is 0 Å². The molecule has 0 unspecified atom stereocenters. The highest BCUT2D eigenvalue weighted by atomic mass is 79.9. The van der Waals surface area contributed by atoms with E-state index in [-0.39, 0.29) is 5.28 Å². The first-order valence-electron chi connectivity index (χ1n) is 5.01. The summed E-state index contributed by atoms with van der Waals surface area (Å²) in [5.41, 5.74) is 2.54. The SMILES string of the molecule is Cc1cccc(CSc2nc(Cl)ncc2Br)c1. The second-order valence-electron chi connectivity index (χ2n) is 3.57. The first-order chi connectivity index (χ1) is 8.15. The van der Waals surface area contributed by atoms with Crippen molar-refractivity contribution in [2.24, 2.45) is 0 Å². The summed E-state index contributed by atoms with van der Waals surface area (Å²) in [5.74, 6) is 0.869. The summed E-state index contributed by atoms with van der Waals surface area (Å²) in [6.45, 7) is 2.09. The molecule has 0 fully saturated rings. The molecule has 0 aliphatic rings. The molecule has 0 N–H and O–H groups in total. The Morgan fingerprint density at radius 3 is 3.00 bits per heavy atom. The van der Waals surface area contributed by atoms with E-state index in [0.717, 1.165) is 15.3 Å². The molecule has 2 rings (SSSR count). The molecule has 0 bridgehead atoms. The summed E-state index contributed by atoms with van der Waals surface area (Å²) in [6.07, 6.45) is 1.67. The predicted molar refractivity (Wildman–Crippen MR) is 75.5 cm³/mol. The van der Waals surface area contributed by atoms with Crippen molar-refractivity contribution in [3.8, 4) is 0 Å². The van der Waals surface area contributed by atoms with E-state index in [1.165, 1.54) is 11.1 Å². The zero-order valence-corrected chi connectivity index (χ0v) is 12.3. The van der Waals surface area contributed by atoms with E-state index in [0.29, 0.717) is 0 Å². The van der Waals surface area contributed by atoms with Crippen molar-refractivity contribution >= 4 is 39.3 Å². The van der Waals surface area contributed by atoms with Crippen LogP contribution in [0, 0.1) is 6.92 Å². The Kier molecular flexibility index (Phi) is 4.42. The lowest BCUT2D eigenvalue weighted by molar-refractivity contribution is 1.03. The first kappa shape index (κ1) is 12.9. The van der Waals surface area contributed by atoms with Gasteiger partial charge >= 0.3 is 0 Å². The van der Waals surface area contributed by atoms with Gasteiger partial charge in [0.25, 0.3) is 0 Å². The molecule has 0 amide bonds. The molecule has 0 saturated carbocycles. The lowest BCUT2D eigenvalue weighted by Gasteiger charge is -2.04. The highest BCUT2D eigenvalue weighted by Crippen LogP contribution is 2.28. The van der Waals surface area contributed by atoms with Gasteiger partial charge in [0.1, 0.15) is 5.03 Å². The normalized spacial score (nSPS) is 10.5. The van der Waals surface area contributed by atoms with Crippen LogP contribution in [-0.2, 0) is 5.75 Å². The van der Waals surface area contributed by atoms with E-state index in [1.807, 2.05) is 0 Å². The van der Waals surface area contributed by atoms with Crippen molar-refractivity contribution in [3.63, 3.8) is 0 Å². The van der Waals surface area contributed by atoms with E-state index in [9.17, 15) is 0 Å². The quantitative estimate of drug-likeness (QED) is 0.471. The Balaban J connectivity index is 2.09. The molecule has 0 saturated heterocycles. The molecule has 2 nitrogen and oxygen atoms in total. The van der Waals surface area contributed by atoms with Gasteiger partial charge in [-0.1, -0.05) is 29.8 Å². The highest BCUT2D eigenvalue weighted by molar-refractivity contribution is 9.10. The van der Waals surface area contributed by atoms with Gasteiger partial charge in [-0.3, -0.25) is 0 Å². The van der Waals surface area contributed by atoms with E-state index < -0.39 is 0 Å². The van der Waals surface area contributed by atoms with Crippen molar-refractivity contribution in [1.82, 2.24) is 9.97 Å². The van der Waals surface area contributed by atoms with Gasteiger partial charge in [0.15, 0.2) is 0 Å². The van der Waals surface area contributed by atoms with Crippen LogP contribution in [0.3, 0.4) is 0 Å². The van der Waals surface area contributed by atoms with Gasteiger partial charge in [0.05, 0.1) is 4.47 Å². The number of hydrogen-bond acceptors (Lipinski definition) is 3. The van der Waals surface area contributed by atoms with Crippen LogP contribution in [0.5, 0.6) is 0 Å². The fourth-order valence-electron chi connectivity index (χ4n) is 1.39. The van der Waals surface area contributed by atoms with Gasteiger partial charge in [-0.2, -0.15) is 0 Å². The van der Waals surface area contributed by atoms with E-state index >= 15 is 0 Å². The standard InChI is InChI=1S/C12H10BrClN2S/c1-8-3-2-4-9(5-8)7-17-11-10(13)6-15-12(14)16-11/h2-6H,7H2,1H3. The molecule has 1 aromatic carbocycles. The summed E-state index contributed by atoms with van der Waals surface area (Å²) in [5, 5.41) is 1.14. The van der Waals surface area contributed by atoms with Gasteiger partial charge < -0.3 is 0 Å². The second-order valence-corrected chi connectivity index (χ2v) is 5.73. The third kappa shape index (κ3) is 3.69. The molecule has 0 spiro atoms. The van der Waals surface area contributed by atoms with Gasteiger partial charge in [-0.15, -0.1) is 11.8 Å². The summed E-state index contributed by atoms with van der Waals surface area (Å²) in [7, 11) is 0. The fraction of sp³-hybridized carbons (Fsp3) is 0.167. The van der Waals surface area contributed by atoms with Gasteiger partial charge in [0, 0.05) is 11.9 Å². The minimum absolute atomic E-state index is 0.278. The maximum Gasteiger partial charge on any atom is 0.223 e. The van der Waals surface area contributed by atoms with Crippen molar-refractivity contribution < 1.29 is 0 Å². The Bertz CT molecular complexity index is 534. The largest absolute Gasteiger partial charge is 0.225 e. The van der Waals surface area contributed by atoms with Crippen LogP contribution < -0.4 is 0 Å². The molecule has 0 radical (unpaired) electrons. The molecule has 2 aromatic rings. The molecule has 5 heteroatoms. The van der Waals surface area contributed by atoms with Crippen molar-refractivity contribution in [1.29, 1.82) is 0 Å². The second kappa shape index (κ2) is 5.85. The summed E-state index contributed by atoms with van der Waals surface area (Å²) < 4.78 is 0.875. The lowest BCUT2D eigenvalue weighted by Crippen LogP contribution is -1.88. The Hall–Kier alpha value is -0.580. The number of nitrogens with zero attached hydrogens (tertiary/aromatic N) is 2. The van der Waals surface area contributed by atoms with Crippen molar-refractivity contribution in [3.05, 3.63) is 51.3 Å². The van der Waals surface area contributed by atoms with Crippen LogP contribution in [0.15, 0.2) is 40.0 Å². The van der Waals surface area contributed by atoms with E-state index in [2.05, 4.69) is 57.1 Å². The Labute approximate surface area is 118 Å². The third-order valence-corrected chi connectivity index (χ3v) is 4.23. The smallest absolute Gasteiger partial charge is 0.223 e. The van der Waals surface area contributed by atoms with Crippen LogP contribution >= 0.6 is 39.3 Å². The number of halogens is 2. The van der Waals surface area contributed by atoms with Gasteiger partial charge in [0.2, 0.25) is 5.28 Å². The molecule has 0 aliphatic heterocycles. The zero-order chi connectivity index (χ0) is 12.3. The van der Waals surface area contributed by atoms with Gasteiger partial charge in [-0.25, -0.2) is 9.97 Å². The number of hydrogen-bond donors (Lipinski definition) is 0. The molecule has 0 aliphatic carbocycles. The van der Waals surface area contributed by atoms with Crippen LogP contribution in [0.1, 0.15) is 11.1 Å². The monoisotopic (exact) mass is 328 g/mol. The molecule has 1 aromatic heterocycles. The van der Waals surface area contributed by atoms with E-state index in [1.54, 1.807) is 18.0 Å². The predicted octanol–water partition coefficient (Wildman–Crippen LogP) is 4.49. The van der Waals surface area contributed by atoms with Gasteiger partial charge in [-0.05, 0) is 40.0 Å². The molecular weight excluding hydrogens is 320 g/mol. The Morgan fingerprint density at radius 1 is 1.41 bits per heavy atom. The minimum atomic E-state index is 0.278. The summed E-state index contributed by atoms with van der Waals surface area (Å²) in [4.78, 5) is 8.08. The first-order valence-corrected chi connectivity index (χ1v) is 7.17. The molecule has 88 valence electrons. The zero-order valence-electron chi connectivity index (χ0n) is 9.15. The van der Waals surface area contributed by atoms with Crippen molar-refractivity contribution in [2.45, 2.75) is 17.7 Å². The molecule has 0 atom stereocenters. The maximum atomic E-state index is 5.77. The third-order valence-electron chi connectivity index (χ3n) is 2.14. The number of benzene rings is 1. The number of aromatic nitrogens is 2. The minimum Gasteiger partial charge on any atom is -0.225 e. The summed E-state index contributed by atoms with van der Waals surface area (Å²) >= 11 is 10.8. The van der Waals surface area contributed by atoms with Crippen molar-refractivity contribution in [2.75, 3.05) is 0 Å². The highest BCUT2D eigenvalue weighted by Gasteiger charge is 2.05. The fourth-order valence-corrected chi connectivity index (χ4v) is 2.93. The summed E-state index contributed by atoms with van der Waals surface area (Å²) in [6, 6.07) is 8.43. The van der Waals surface area contributed by atoms with E-state index in [4.69, 9.17) is 11.6 Å². The van der Waals surface area contributed by atoms with Crippen LogP contribution in [-0.4, -0.2) is 9.97 Å². The number of thioether (sulfide) groups is 1. The number of aryl methyl sites for hydroxylation is 1. The molecule has 17 heavy (non-hydrogen) atoms. The number of rotatable bonds is 3. The lowest BCUT2D eigenvalue weighted by atomic mass is 10.2. The maximum absolute atomic E-state index is 5.77.